The Morgan fingerprint density at radius 3 is 2.69 bits per heavy atom. The van der Waals surface area contributed by atoms with Gasteiger partial charge >= 0.3 is 0 Å². The van der Waals surface area contributed by atoms with Crippen LogP contribution in [-0.2, 0) is 33.7 Å². The highest BCUT2D eigenvalue weighted by atomic mass is 16.5. The number of aldehydes is 1. The van der Waals surface area contributed by atoms with Gasteiger partial charge in [0.15, 0.2) is 0 Å². The Morgan fingerprint density at radius 1 is 1.23 bits per heavy atom. The summed E-state index contributed by atoms with van der Waals surface area (Å²) in [6.45, 7) is 10.1. The van der Waals surface area contributed by atoms with Gasteiger partial charge in [-0.25, -0.2) is 4.98 Å². The van der Waals surface area contributed by atoms with E-state index in [1.807, 2.05) is 19.2 Å². The Balaban J connectivity index is 1.93. The summed E-state index contributed by atoms with van der Waals surface area (Å²) >= 11 is 0. The number of methoxy groups -OCH3 is 2. The summed E-state index contributed by atoms with van der Waals surface area (Å²) in [5, 5.41) is 4.13. The number of aryl methyl sites for hydroxylation is 1. The third-order valence-electron chi connectivity index (χ3n) is 7.27. The lowest BCUT2D eigenvalue weighted by atomic mass is 9.84. The van der Waals surface area contributed by atoms with Gasteiger partial charge in [-0.3, -0.25) is 4.98 Å². The van der Waals surface area contributed by atoms with Crippen molar-refractivity contribution in [3.8, 4) is 22.7 Å². The number of oxazole rings is 1. The van der Waals surface area contributed by atoms with Gasteiger partial charge in [0.25, 0.3) is 0 Å². The molecule has 0 spiro atoms. The Bertz CT molecular complexity index is 1420. The molecule has 1 aromatic carbocycles. The number of carbonyl (C=O) groups is 1. The molecule has 8 nitrogen and oxygen atoms in total. The fourth-order valence-corrected chi connectivity index (χ4v) is 5.32. The van der Waals surface area contributed by atoms with Crippen molar-refractivity contribution in [1.29, 1.82) is 0 Å². The average Bonchev–Trinajstić information content (AvgIpc) is 3.53. The lowest BCUT2D eigenvalue weighted by Crippen LogP contribution is -2.28. The topological polar surface area (TPSA) is 91.4 Å². The first-order chi connectivity index (χ1) is 18.8. The fourth-order valence-electron chi connectivity index (χ4n) is 5.32. The van der Waals surface area contributed by atoms with Crippen LogP contribution in [0.25, 0.3) is 33.6 Å². The number of nitrogens with one attached hydrogen (secondary N) is 1. The summed E-state index contributed by atoms with van der Waals surface area (Å²) in [6, 6.07) is 10.2. The van der Waals surface area contributed by atoms with Gasteiger partial charge in [0.2, 0.25) is 5.89 Å². The average molecular weight is 533 g/mol. The smallest absolute Gasteiger partial charge is 0.226 e. The van der Waals surface area contributed by atoms with Gasteiger partial charge in [-0.1, -0.05) is 13.8 Å². The Morgan fingerprint density at radius 2 is 2.03 bits per heavy atom. The molecule has 0 aliphatic heterocycles. The Kier molecular flexibility index (Phi) is 9.00. The van der Waals surface area contributed by atoms with Crippen LogP contribution in [-0.4, -0.2) is 54.7 Å². The molecule has 0 saturated carbocycles. The minimum absolute atomic E-state index is 0.102. The number of aromatic nitrogens is 3. The normalized spacial score (nSPS) is 13.6. The van der Waals surface area contributed by atoms with Crippen LogP contribution < -0.4 is 5.32 Å². The monoisotopic (exact) mass is 532 g/mol. The van der Waals surface area contributed by atoms with E-state index in [1.54, 1.807) is 27.5 Å². The molecule has 8 heteroatoms. The zero-order valence-electron chi connectivity index (χ0n) is 24.1. The van der Waals surface area contributed by atoms with E-state index in [0.29, 0.717) is 18.9 Å². The fraction of sp³-hybridized carbons (Fsp3) is 0.452. The van der Waals surface area contributed by atoms with Gasteiger partial charge in [-0.2, -0.15) is 0 Å². The van der Waals surface area contributed by atoms with Crippen molar-refractivity contribution in [1.82, 2.24) is 19.9 Å². The van der Waals surface area contributed by atoms with Crippen molar-refractivity contribution >= 4 is 17.2 Å². The number of carbonyl (C=O) groups excluding carboxylic acids is 1. The van der Waals surface area contributed by atoms with E-state index in [4.69, 9.17) is 23.9 Å². The zero-order chi connectivity index (χ0) is 28.2. The first kappa shape index (κ1) is 28.7. The second kappa shape index (κ2) is 12.2. The number of ether oxygens (including phenoxy) is 2. The number of benzene rings is 1. The van der Waals surface area contributed by atoms with Crippen LogP contribution in [0.5, 0.6) is 0 Å². The summed E-state index contributed by atoms with van der Waals surface area (Å²) in [7, 11) is 5.22. The van der Waals surface area contributed by atoms with Crippen molar-refractivity contribution in [2.24, 2.45) is 5.41 Å². The molecular weight excluding hydrogens is 492 g/mol. The van der Waals surface area contributed by atoms with Crippen LogP contribution in [0.2, 0.25) is 0 Å². The van der Waals surface area contributed by atoms with Crippen molar-refractivity contribution in [3.05, 3.63) is 59.7 Å². The maximum absolute atomic E-state index is 11.3. The third kappa shape index (κ3) is 5.98. The molecule has 4 rings (SSSR count). The van der Waals surface area contributed by atoms with Crippen molar-refractivity contribution < 1.29 is 18.7 Å². The first-order valence-corrected chi connectivity index (χ1v) is 13.5. The van der Waals surface area contributed by atoms with Gasteiger partial charge in [0.1, 0.15) is 12.5 Å². The SMILES string of the molecule is CCn1c(-c2cccnc2C(C)OC)c(CC(C)(C)COC)c2cc(-c3nc(CC(C=O)NC)co3)ccc21. The highest BCUT2D eigenvalue weighted by Gasteiger charge is 2.28. The molecule has 3 aromatic heterocycles. The van der Waals surface area contributed by atoms with Crippen LogP contribution in [0.15, 0.2) is 47.2 Å². The summed E-state index contributed by atoms with van der Waals surface area (Å²) in [5.41, 5.74) is 7.03. The van der Waals surface area contributed by atoms with E-state index in [0.717, 1.165) is 58.4 Å². The second-order valence-electron chi connectivity index (χ2n) is 10.8. The van der Waals surface area contributed by atoms with E-state index in [-0.39, 0.29) is 17.6 Å². The van der Waals surface area contributed by atoms with Crippen molar-refractivity contribution in [2.75, 3.05) is 27.9 Å². The van der Waals surface area contributed by atoms with Gasteiger partial charge in [-0.15, -0.1) is 0 Å². The van der Waals surface area contributed by atoms with E-state index < -0.39 is 0 Å². The van der Waals surface area contributed by atoms with Gasteiger partial charge in [0.05, 0.1) is 35.8 Å². The molecule has 39 heavy (non-hydrogen) atoms. The predicted molar refractivity (Wildman–Crippen MR) is 154 cm³/mol. The third-order valence-corrected chi connectivity index (χ3v) is 7.27. The van der Waals surface area contributed by atoms with Crippen molar-refractivity contribution in [3.63, 3.8) is 0 Å². The highest BCUT2D eigenvalue weighted by Crippen LogP contribution is 2.41. The van der Waals surface area contributed by atoms with E-state index in [2.05, 4.69) is 54.9 Å². The predicted octanol–water partition coefficient (Wildman–Crippen LogP) is 5.63. The summed E-state index contributed by atoms with van der Waals surface area (Å²) in [4.78, 5) is 20.7. The number of rotatable bonds is 13. The largest absolute Gasteiger partial charge is 0.444 e. The zero-order valence-corrected chi connectivity index (χ0v) is 24.1. The minimum Gasteiger partial charge on any atom is -0.444 e. The van der Waals surface area contributed by atoms with E-state index in [9.17, 15) is 4.79 Å². The van der Waals surface area contributed by atoms with Crippen LogP contribution in [0.1, 0.15) is 50.8 Å². The van der Waals surface area contributed by atoms with Crippen LogP contribution >= 0.6 is 0 Å². The molecule has 0 fully saturated rings. The molecule has 4 aromatic rings. The number of nitrogens with zero attached hydrogens (tertiary/aromatic N) is 3. The van der Waals surface area contributed by atoms with Gasteiger partial charge < -0.3 is 28.6 Å². The van der Waals surface area contributed by atoms with Crippen LogP contribution in [0.4, 0.5) is 0 Å². The Labute approximate surface area is 230 Å². The molecule has 3 heterocycles. The molecule has 2 unspecified atom stereocenters. The molecule has 1 N–H and O–H groups in total. The van der Waals surface area contributed by atoms with Gasteiger partial charge in [-0.05, 0) is 68.6 Å². The summed E-state index contributed by atoms with van der Waals surface area (Å²) in [6.07, 6.45) is 5.47. The number of hydrogen-bond acceptors (Lipinski definition) is 7. The van der Waals surface area contributed by atoms with Gasteiger partial charge in [0, 0.05) is 55.4 Å². The number of pyridine rings is 1. The maximum atomic E-state index is 11.3. The first-order valence-electron chi connectivity index (χ1n) is 13.5. The number of likely N-dealkylation sites (N-methyl/N-ethyl adjacent to an activating group) is 1. The van der Waals surface area contributed by atoms with Crippen LogP contribution in [0.3, 0.4) is 0 Å². The highest BCUT2D eigenvalue weighted by molar-refractivity contribution is 5.94. The van der Waals surface area contributed by atoms with Crippen molar-refractivity contribution in [2.45, 2.75) is 59.2 Å². The number of hydrogen-bond donors (Lipinski definition) is 1. The van der Waals surface area contributed by atoms with Crippen LogP contribution in [0, 0.1) is 5.41 Å². The number of fused-ring (bicyclic) bond motifs is 1. The molecular formula is C31H40N4O4. The molecule has 0 aliphatic carbocycles. The Hall–Kier alpha value is -3.33. The lowest BCUT2D eigenvalue weighted by Gasteiger charge is -2.25. The van der Waals surface area contributed by atoms with E-state index in [1.165, 1.54) is 5.56 Å². The minimum atomic E-state index is -0.302. The molecule has 0 radical (unpaired) electrons. The van der Waals surface area contributed by atoms with E-state index >= 15 is 0 Å². The maximum Gasteiger partial charge on any atom is 0.226 e. The molecule has 0 aliphatic rings. The molecule has 0 amide bonds. The molecule has 2 atom stereocenters. The summed E-state index contributed by atoms with van der Waals surface area (Å²) in [5.74, 6) is 0.538. The summed E-state index contributed by atoms with van der Waals surface area (Å²) < 4.78 is 19.5. The standard InChI is InChI=1S/C31H40N4O4/c1-8-35-27-12-11-21(30-34-23(18-39-30)15-22(17-36)32-5)14-25(27)26(16-31(3,4)19-37-6)29(35)24-10-9-13-33-28(24)20(2)38-7/h9-14,17-18,20,22,32H,8,15-16,19H2,1-7H3. The second-order valence-corrected chi connectivity index (χ2v) is 10.8. The molecule has 0 bridgehead atoms. The molecule has 208 valence electrons. The quantitative estimate of drug-likeness (QED) is 0.223. The lowest BCUT2D eigenvalue weighted by molar-refractivity contribution is -0.109. The molecule has 0 saturated heterocycles.